The van der Waals surface area contributed by atoms with Gasteiger partial charge in [0, 0.05) is 16.1 Å². The van der Waals surface area contributed by atoms with E-state index in [1.165, 1.54) is 17.4 Å². The van der Waals surface area contributed by atoms with Gasteiger partial charge >= 0.3 is 0 Å². The van der Waals surface area contributed by atoms with Gasteiger partial charge in [0.05, 0.1) is 6.07 Å². The van der Waals surface area contributed by atoms with Crippen LogP contribution in [-0.4, -0.2) is 10.8 Å². The van der Waals surface area contributed by atoms with E-state index >= 15 is 0 Å². The van der Waals surface area contributed by atoms with Crippen LogP contribution < -0.4 is 0 Å². The third-order valence-corrected chi connectivity index (χ3v) is 4.31. The van der Waals surface area contributed by atoms with Crippen molar-refractivity contribution >= 4 is 34.3 Å². The van der Waals surface area contributed by atoms with Crippen LogP contribution in [0.2, 0.25) is 5.02 Å². The zero-order chi connectivity index (χ0) is 15.4. The van der Waals surface area contributed by atoms with E-state index in [0.717, 1.165) is 16.8 Å². The highest BCUT2D eigenvalue weighted by molar-refractivity contribution is 7.10. The number of halogens is 1. The fourth-order valence-electron chi connectivity index (χ4n) is 1.90. The van der Waals surface area contributed by atoms with E-state index in [4.69, 9.17) is 11.6 Å². The number of aromatic nitrogens is 1. The summed E-state index contributed by atoms with van der Waals surface area (Å²) in [5.74, 6) is -1.13. The van der Waals surface area contributed by atoms with Crippen LogP contribution in [0.25, 0.3) is 5.57 Å². The second-order valence-corrected chi connectivity index (χ2v) is 5.90. The smallest absolute Gasteiger partial charge is 0.180 e. The first-order chi connectivity index (χ1) is 10.0. The Labute approximate surface area is 132 Å². The summed E-state index contributed by atoms with van der Waals surface area (Å²) in [5.41, 5.74) is 2.34. The Bertz CT molecular complexity index is 743. The molecule has 0 amide bonds. The van der Waals surface area contributed by atoms with Gasteiger partial charge in [-0.3, -0.25) is 4.79 Å². The van der Waals surface area contributed by atoms with Crippen molar-refractivity contribution in [3.63, 3.8) is 0 Å². The van der Waals surface area contributed by atoms with Crippen molar-refractivity contribution in [2.24, 2.45) is 0 Å². The molecule has 0 aliphatic rings. The Morgan fingerprint density at radius 2 is 2.19 bits per heavy atom. The molecule has 0 radical (unpaired) electrons. The van der Waals surface area contributed by atoms with Crippen molar-refractivity contribution in [3.05, 3.63) is 57.0 Å². The maximum Gasteiger partial charge on any atom is 0.180 e. The molecule has 1 unspecified atom stereocenters. The third kappa shape index (κ3) is 3.57. The number of rotatable bonds is 4. The molecule has 0 bridgehead atoms. The predicted octanol–water partition coefficient (Wildman–Crippen LogP) is 4.38. The summed E-state index contributed by atoms with van der Waals surface area (Å²) in [5, 5.41) is 12.2. The fraction of sp³-hybridized carbons (Fsp3) is 0.188. The Kier molecular flexibility index (Phi) is 4.89. The van der Waals surface area contributed by atoms with Crippen LogP contribution in [0.1, 0.15) is 29.1 Å². The first-order valence-corrected chi connectivity index (χ1v) is 7.57. The van der Waals surface area contributed by atoms with Gasteiger partial charge in [-0.1, -0.05) is 29.8 Å². The summed E-state index contributed by atoms with van der Waals surface area (Å²) in [6, 6.07) is 9.32. The normalized spacial score (nSPS) is 12.8. The molecule has 3 nitrogen and oxygen atoms in total. The number of hydrogen-bond donors (Lipinski definition) is 0. The minimum absolute atomic E-state index is 0.274. The third-order valence-electron chi connectivity index (χ3n) is 2.95. The molecule has 1 aromatic carbocycles. The quantitative estimate of drug-likeness (QED) is 0.786. The average molecular weight is 317 g/mol. The molecule has 1 atom stereocenters. The molecular weight excluding hydrogens is 304 g/mol. The molecular formula is C16H13ClN2OS. The number of carbonyl (C=O) groups excluding carboxylic acids is 1. The minimum atomic E-state index is -0.860. The van der Waals surface area contributed by atoms with Gasteiger partial charge in [0.25, 0.3) is 0 Å². The van der Waals surface area contributed by atoms with Crippen LogP contribution in [0, 0.1) is 18.3 Å². The highest BCUT2D eigenvalue weighted by atomic mass is 35.5. The molecule has 106 valence electrons. The molecule has 2 aromatic rings. The number of carbonyl (C=O) groups is 1. The first-order valence-electron chi connectivity index (χ1n) is 6.31. The summed E-state index contributed by atoms with van der Waals surface area (Å²) >= 11 is 7.44. The van der Waals surface area contributed by atoms with Gasteiger partial charge in [-0.2, -0.15) is 5.26 Å². The molecule has 0 spiro atoms. The highest BCUT2D eigenvalue weighted by Gasteiger charge is 2.21. The van der Waals surface area contributed by atoms with Crippen LogP contribution in [0.15, 0.2) is 35.7 Å². The lowest BCUT2D eigenvalue weighted by molar-refractivity contribution is -0.114. The van der Waals surface area contributed by atoms with Crippen LogP contribution in [0.5, 0.6) is 0 Å². The predicted molar refractivity (Wildman–Crippen MR) is 85.3 cm³/mol. The topological polar surface area (TPSA) is 53.8 Å². The summed E-state index contributed by atoms with van der Waals surface area (Å²) in [7, 11) is 0. The molecule has 1 heterocycles. The van der Waals surface area contributed by atoms with E-state index in [1.54, 1.807) is 13.0 Å². The van der Waals surface area contributed by atoms with Gasteiger partial charge in [-0.05, 0) is 37.1 Å². The van der Waals surface area contributed by atoms with E-state index in [2.05, 4.69) is 4.98 Å². The molecule has 5 heteroatoms. The van der Waals surface area contributed by atoms with Gasteiger partial charge in [0.2, 0.25) is 0 Å². The van der Waals surface area contributed by atoms with Crippen LogP contribution in [-0.2, 0) is 4.79 Å². The fourth-order valence-corrected chi connectivity index (χ4v) is 3.03. The van der Waals surface area contributed by atoms with Gasteiger partial charge in [0.1, 0.15) is 5.01 Å². The van der Waals surface area contributed by atoms with E-state index in [1.807, 2.05) is 36.6 Å². The first kappa shape index (κ1) is 15.4. The lowest BCUT2D eigenvalue weighted by Gasteiger charge is -2.06. The van der Waals surface area contributed by atoms with Crippen LogP contribution >= 0.6 is 22.9 Å². The lowest BCUT2D eigenvalue weighted by atomic mass is 10.0. The van der Waals surface area contributed by atoms with Crippen LogP contribution in [0.3, 0.4) is 0 Å². The monoisotopic (exact) mass is 316 g/mol. The molecule has 0 aliphatic heterocycles. The van der Waals surface area contributed by atoms with Crippen molar-refractivity contribution in [1.82, 2.24) is 4.98 Å². The van der Waals surface area contributed by atoms with E-state index in [0.29, 0.717) is 10.0 Å². The van der Waals surface area contributed by atoms with Crippen LogP contribution in [0.4, 0.5) is 0 Å². The zero-order valence-electron chi connectivity index (χ0n) is 11.6. The second kappa shape index (κ2) is 6.66. The average Bonchev–Trinajstić information content (AvgIpc) is 2.86. The maximum absolute atomic E-state index is 12.3. The zero-order valence-corrected chi connectivity index (χ0v) is 13.2. The number of benzene rings is 1. The molecule has 1 aromatic heterocycles. The Hall–Kier alpha value is -1.96. The van der Waals surface area contributed by atoms with E-state index in [9.17, 15) is 10.1 Å². The second-order valence-electron chi connectivity index (χ2n) is 4.60. The summed E-state index contributed by atoms with van der Waals surface area (Å²) < 4.78 is 0. The number of thiazole rings is 1. The number of hydrogen-bond acceptors (Lipinski definition) is 4. The molecule has 2 rings (SSSR count). The number of allylic oxidation sites excluding steroid dienone is 2. The SMILES string of the molecule is C/C(=C\C(=O)C(C#N)c1nc(C)cs1)c1ccccc1Cl. The highest BCUT2D eigenvalue weighted by Crippen LogP contribution is 2.26. The van der Waals surface area contributed by atoms with E-state index < -0.39 is 5.92 Å². The van der Waals surface area contributed by atoms with Crippen molar-refractivity contribution in [3.8, 4) is 6.07 Å². The van der Waals surface area contributed by atoms with Crippen molar-refractivity contribution in [2.45, 2.75) is 19.8 Å². The summed E-state index contributed by atoms with van der Waals surface area (Å²) in [4.78, 5) is 16.5. The molecule has 21 heavy (non-hydrogen) atoms. The Balaban J connectivity index is 2.29. The molecule has 0 fully saturated rings. The largest absolute Gasteiger partial charge is 0.293 e. The molecule has 0 saturated heterocycles. The molecule has 0 aliphatic carbocycles. The van der Waals surface area contributed by atoms with Crippen molar-refractivity contribution in [2.75, 3.05) is 0 Å². The Morgan fingerprint density at radius 1 is 1.48 bits per heavy atom. The van der Waals surface area contributed by atoms with Crippen molar-refractivity contribution < 1.29 is 4.79 Å². The summed E-state index contributed by atoms with van der Waals surface area (Å²) in [6.07, 6.45) is 1.46. The number of aryl methyl sites for hydroxylation is 1. The van der Waals surface area contributed by atoms with Gasteiger partial charge in [-0.15, -0.1) is 11.3 Å². The standard InChI is InChI=1S/C16H13ClN2OS/c1-10(12-5-3-4-6-14(12)17)7-15(20)13(8-18)16-19-11(2)9-21-16/h3-7,9,13H,1-2H3/b10-7+. The number of nitrogens with zero attached hydrogens (tertiary/aromatic N) is 2. The van der Waals surface area contributed by atoms with Gasteiger partial charge < -0.3 is 0 Å². The van der Waals surface area contributed by atoms with Gasteiger partial charge in [0.15, 0.2) is 11.7 Å². The molecule has 0 N–H and O–H groups in total. The molecule has 0 saturated carbocycles. The van der Waals surface area contributed by atoms with E-state index in [-0.39, 0.29) is 5.78 Å². The minimum Gasteiger partial charge on any atom is -0.293 e. The maximum atomic E-state index is 12.3. The van der Waals surface area contributed by atoms with Gasteiger partial charge in [-0.25, -0.2) is 4.98 Å². The summed E-state index contributed by atoms with van der Waals surface area (Å²) in [6.45, 7) is 3.64. The number of nitriles is 1. The Morgan fingerprint density at radius 3 is 2.76 bits per heavy atom. The van der Waals surface area contributed by atoms with Crippen molar-refractivity contribution in [1.29, 1.82) is 5.26 Å². The lowest BCUT2D eigenvalue weighted by Crippen LogP contribution is -2.08. The number of ketones is 1.